The number of anilines is 1. The van der Waals surface area contributed by atoms with E-state index in [9.17, 15) is 4.79 Å². The second kappa shape index (κ2) is 4.32. The average molecular weight is 307 g/mol. The first-order valence-corrected chi connectivity index (χ1v) is 6.69. The van der Waals surface area contributed by atoms with Crippen molar-refractivity contribution in [2.45, 2.75) is 6.92 Å². The number of aromatic nitrogens is 3. The zero-order valence-corrected chi connectivity index (χ0v) is 11.1. The minimum atomic E-state index is -0.359. The molecule has 2 aromatic rings. The number of amides is 1. The van der Waals surface area contributed by atoms with Gasteiger partial charge in [-0.15, -0.1) is 0 Å². The van der Waals surface area contributed by atoms with Crippen LogP contribution in [-0.2, 0) is 0 Å². The number of carbonyl (C=O) groups excluding carboxylic acids is 1. The Bertz CT molecular complexity index is 700. The minimum absolute atomic E-state index is 0.116. The molecule has 2 heterocycles. The van der Waals surface area contributed by atoms with Crippen LogP contribution in [0.4, 0.5) is 17.1 Å². The molecule has 0 bridgehead atoms. The summed E-state index contributed by atoms with van der Waals surface area (Å²) in [7, 11) is 0. The summed E-state index contributed by atoms with van der Waals surface area (Å²) in [6, 6.07) is 5.49. The zero-order chi connectivity index (χ0) is 12.5. The van der Waals surface area contributed by atoms with E-state index in [-0.39, 0.29) is 26.3 Å². The third-order valence-electron chi connectivity index (χ3n) is 2.33. The monoisotopic (exact) mass is 308 g/mol. The Labute approximate surface area is 108 Å². The van der Waals surface area contributed by atoms with E-state index in [1.165, 1.54) is 0 Å². The molecule has 1 aliphatic rings. The van der Waals surface area contributed by atoms with Crippen molar-refractivity contribution in [3.05, 3.63) is 29.8 Å². The predicted octanol–water partition coefficient (Wildman–Crippen LogP) is 1.71. The summed E-state index contributed by atoms with van der Waals surface area (Å²) < 4.78 is 8.53. The number of hydrogen-bond acceptors (Lipinski definition) is 5. The molecule has 90 valence electrons. The normalized spacial score (nSPS) is 12.1. The first-order valence-electron chi connectivity index (χ1n) is 5.15. The summed E-state index contributed by atoms with van der Waals surface area (Å²) in [6.45, 7) is 1.74. The molecule has 0 spiro atoms. The molecule has 1 aromatic heterocycles. The molecule has 0 unspecified atom stereocenters. The van der Waals surface area contributed by atoms with Crippen molar-refractivity contribution in [1.82, 2.24) is 15.2 Å². The molecule has 0 atom stereocenters. The molecule has 1 aromatic carbocycles. The van der Waals surface area contributed by atoms with E-state index in [1.807, 2.05) is 12.1 Å². The SMILES string of the molecule is Cc1nc(C(=O)Nc2cccc3c2N=[Se]=N3)n[nH]1. The van der Waals surface area contributed by atoms with Crippen LogP contribution >= 0.6 is 0 Å². The van der Waals surface area contributed by atoms with Gasteiger partial charge in [0.1, 0.15) is 0 Å². The topological polar surface area (TPSA) is 95.4 Å². The number of aryl methyl sites for hydroxylation is 1. The van der Waals surface area contributed by atoms with Crippen molar-refractivity contribution in [2.24, 2.45) is 7.92 Å². The van der Waals surface area contributed by atoms with Gasteiger partial charge in [-0.1, -0.05) is 0 Å². The molecule has 8 heteroatoms. The molecule has 2 N–H and O–H groups in total. The molecule has 0 saturated carbocycles. The molecule has 0 fully saturated rings. The van der Waals surface area contributed by atoms with E-state index in [1.54, 1.807) is 13.0 Å². The van der Waals surface area contributed by atoms with Gasteiger partial charge in [-0.25, -0.2) is 0 Å². The molecule has 0 aliphatic carbocycles. The molecule has 0 radical (unpaired) electrons. The van der Waals surface area contributed by atoms with Gasteiger partial charge in [0.15, 0.2) is 0 Å². The second-order valence-electron chi connectivity index (χ2n) is 3.64. The molecule has 3 rings (SSSR count). The number of carbonyl (C=O) groups is 1. The van der Waals surface area contributed by atoms with Gasteiger partial charge in [-0.3, -0.25) is 0 Å². The van der Waals surface area contributed by atoms with Gasteiger partial charge < -0.3 is 0 Å². The Hall–Kier alpha value is -2.05. The fourth-order valence-electron chi connectivity index (χ4n) is 1.53. The predicted molar refractivity (Wildman–Crippen MR) is 65.4 cm³/mol. The third kappa shape index (κ3) is 1.92. The summed E-state index contributed by atoms with van der Waals surface area (Å²) in [4.78, 5) is 15.9. The van der Waals surface area contributed by atoms with E-state index in [2.05, 4.69) is 28.4 Å². The number of fused-ring (bicyclic) bond motifs is 1. The van der Waals surface area contributed by atoms with Gasteiger partial charge in [-0.2, -0.15) is 0 Å². The number of nitrogens with zero attached hydrogens (tertiary/aromatic N) is 4. The maximum absolute atomic E-state index is 11.9. The molecule has 18 heavy (non-hydrogen) atoms. The van der Waals surface area contributed by atoms with E-state index in [0.717, 1.165) is 11.4 Å². The van der Waals surface area contributed by atoms with E-state index >= 15 is 0 Å². The number of rotatable bonds is 2. The standard InChI is InChI=1S/C10H8N6OSe/c1-5-11-9(14-13-5)10(17)12-6-3-2-4-7-8(6)16-18-15-7/h2-4H,1H3,(H,12,17)(H,11,13,14). The van der Waals surface area contributed by atoms with Crippen molar-refractivity contribution >= 4 is 37.5 Å². The van der Waals surface area contributed by atoms with Crippen LogP contribution in [0.3, 0.4) is 0 Å². The second-order valence-corrected chi connectivity index (χ2v) is 4.74. The van der Waals surface area contributed by atoms with Gasteiger partial charge in [0.2, 0.25) is 0 Å². The summed E-state index contributed by atoms with van der Waals surface area (Å²) in [5, 5.41) is 9.18. The van der Waals surface area contributed by atoms with E-state index in [4.69, 9.17) is 0 Å². The quantitative estimate of drug-likeness (QED) is 0.705. The Balaban J connectivity index is 1.88. The molecule has 7 nitrogen and oxygen atoms in total. The van der Waals surface area contributed by atoms with Crippen LogP contribution in [0.15, 0.2) is 26.1 Å². The van der Waals surface area contributed by atoms with Crippen LogP contribution in [-0.4, -0.2) is 35.7 Å². The summed E-state index contributed by atoms with van der Waals surface area (Å²) >= 11 is -0.121. The summed E-state index contributed by atoms with van der Waals surface area (Å²) in [5.41, 5.74) is 2.19. The van der Waals surface area contributed by atoms with Gasteiger partial charge >= 0.3 is 108 Å². The van der Waals surface area contributed by atoms with Crippen LogP contribution in [0, 0.1) is 6.92 Å². The Kier molecular flexibility index (Phi) is 2.66. The van der Waals surface area contributed by atoms with Gasteiger partial charge in [0.05, 0.1) is 0 Å². The van der Waals surface area contributed by atoms with Crippen LogP contribution in [0.2, 0.25) is 0 Å². The van der Waals surface area contributed by atoms with E-state index in [0.29, 0.717) is 11.5 Å². The molecule has 1 aliphatic heterocycles. The van der Waals surface area contributed by atoms with Crippen molar-refractivity contribution in [2.75, 3.05) is 5.32 Å². The summed E-state index contributed by atoms with van der Waals surface area (Å²) in [6.07, 6.45) is 0. The number of H-pyrrole nitrogens is 1. The molecule has 1 amide bonds. The van der Waals surface area contributed by atoms with E-state index < -0.39 is 0 Å². The molecule has 0 saturated heterocycles. The van der Waals surface area contributed by atoms with Crippen LogP contribution < -0.4 is 5.32 Å². The fourth-order valence-corrected chi connectivity index (χ4v) is 2.68. The molecular formula is C10H8N6OSe. The Morgan fingerprint density at radius 1 is 1.39 bits per heavy atom. The van der Waals surface area contributed by atoms with Gasteiger partial charge in [0, 0.05) is 0 Å². The van der Waals surface area contributed by atoms with Crippen molar-refractivity contribution in [1.29, 1.82) is 0 Å². The maximum atomic E-state index is 11.9. The number of benzene rings is 1. The number of hydrogen-bond donors (Lipinski definition) is 2. The zero-order valence-electron chi connectivity index (χ0n) is 9.34. The van der Waals surface area contributed by atoms with Crippen molar-refractivity contribution in [3.8, 4) is 0 Å². The molecular weight excluding hydrogens is 299 g/mol. The summed E-state index contributed by atoms with van der Waals surface area (Å²) in [5.74, 6) is 0.356. The van der Waals surface area contributed by atoms with Crippen molar-refractivity contribution in [3.63, 3.8) is 0 Å². The fraction of sp³-hybridized carbons (Fsp3) is 0.100. The van der Waals surface area contributed by atoms with Crippen LogP contribution in [0.25, 0.3) is 0 Å². The Morgan fingerprint density at radius 2 is 2.28 bits per heavy atom. The third-order valence-corrected chi connectivity index (χ3v) is 3.47. The van der Waals surface area contributed by atoms with Crippen LogP contribution in [0.5, 0.6) is 0 Å². The van der Waals surface area contributed by atoms with Crippen LogP contribution in [0.1, 0.15) is 16.4 Å². The average Bonchev–Trinajstić information content (AvgIpc) is 2.97. The number of aromatic amines is 1. The first kappa shape index (κ1) is 11.1. The van der Waals surface area contributed by atoms with Gasteiger partial charge in [-0.05, 0) is 0 Å². The first-order chi connectivity index (χ1) is 8.74. The van der Waals surface area contributed by atoms with Gasteiger partial charge in [0.25, 0.3) is 0 Å². The van der Waals surface area contributed by atoms with Crippen molar-refractivity contribution < 1.29 is 4.79 Å². The number of nitrogens with one attached hydrogen (secondary N) is 2. The Morgan fingerprint density at radius 3 is 3.06 bits per heavy atom.